The third-order valence-corrected chi connectivity index (χ3v) is 2.81. The van der Waals surface area contributed by atoms with E-state index in [-0.39, 0.29) is 0 Å². The Morgan fingerprint density at radius 1 is 1.31 bits per heavy atom. The van der Waals surface area contributed by atoms with Crippen LogP contribution in [-0.2, 0) is 0 Å². The number of hydrogen-bond acceptors (Lipinski definition) is 2. The number of carbonyl (C=O) groups excluding carboxylic acids is 1. The van der Waals surface area contributed by atoms with Gasteiger partial charge in [-0.1, -0.05) is 18.2 Å². The van der Waals surface area contributed by atoms with E-state index in [4.69, 9.17) is 0 Å². The topological polar surface area (TPSA) is 34.4 Å². The molecule has 0 amide bonds. The van der Waals surface area contributed by atoms with Crippen LogP contribution in [-0.4, -0.2) is 15.7 Å². The minimum atomic E-state index is 0.468. The molecule has 3 aromatic rings. The van der Waals surface area contributed by atoms with Crippen LogP contribution in [0.5, 0.6) is 0 Å². The molecule has 2 heterocycles. The van der Waals surface area contributed by atoms with Crippen LogP contribution in [0.4, 0.5) is 0 Å². The molecule has 3 nitrogen and oxygen atoms in total. The van der Waals surface area contributed by atoms with Crippen LogP contribution in [0, 0.1) is 6.92 Å². The molecule has 0 unspecified atom stereocenters. The highest BCUT2D eigenvalue weighted by atomic mass is 16.1. The number of benzene rings is 1. The van der Waals surface area contributed by atoms with Gasteiger partial charge in [-0.15, -0.1) is 0 Å². The van der Waals surface area contributed by atoms with Gasteiger partial charge in [0.2, 0.25) is 0 Å². The quantitative estimate of drug-likeness (QED) is 0.578. The molecule has 0 saturated carbocycles. The van der Waals surface area contributed by atoms with E-state index in [1.165, 1.54) is 5.56 Å². The molecule has 0 N–H and O–H groups in total. The Balaban J connectivity index is 2.56. The molecule has 0 atom stereocenters. The molecule has 0 aliphatic rings. The number of hydrogen-bond donors (Lipinski definition) is 0. The third-order valence-electron chi connectivity index (χ3n) is 2.81. The summed E-state index contributed by atoms with van der Waals surface area (Å²) >= 11 is 0. The van der Waals surface area contributed by atoms with Gasteiger partial charge in [0.05, 0.1) is 0 Å². The molecule has 0 radical (unpaired) electrons. The lowest BCUT2D eigenvalue weighted by Crippen LogP contribution is -1.86. The Labute approximate surface area is 92.3 Å². The molecule has 0 fully saturated rings. The van der Waals surface area contributed by atoms with E-state index in [0.717, 1.165) is 22.7 Å². The van der Waals surface area contributed by atoms with E-state index in [2.05, 4.69) is 24.0 Å². The molecule has 1 aromatic carbocycles. The van der Waals surface area contributed by atoms with Gasteiger partial charge in [-0.25, -0.2) is 4.98 Å². The molecule has 3 rings (SSSR count). The fourth-order valence-electron chi connectivity index (χ4n) is 2.06. The largest absolute Gasteiger partial charge is 0.306 e. The number of pyridine rings is 1. The van der Waals surface area contributed by atoms with E-state index in [1.54, 1.807) is 6.20 Å². The molecule has 16 heavy (non-hydrogen) atoms. The number of aryl methyl sites for hydroxylation is 1. The highest BCUT2D eigenvalue weighted by Crippen LogP contribution is 2.22. The van der Waals surface area contributed by atoms with Crippen molar-refractivity contribution in [2.75, 3.05) is 0 Å². The van der Waals surface area contributed by atoms with E-state index in [1.807, 2.05) is 22.7 Å². The minimum absolute atomic E-state index is 0.468. The summed E-state index contributed by atoms with van der Waals surface area (Å²) in [6.45, 7) is 2.05. The predicted molar refractivity (Wildman–Crippen MR) is 62.8 cm³/mol. The summed E-state index contributed by atoms with van der Waals surface area (Å²) in [5, 5.41) is 2.26. The summed E-state index contributed by atoms with van der Waals surface area (Å²) in [5.74, 6) is 0. The molecule has 3 heteroatoms. The number of aldehydes is 1. The lowest BCUT2D eigenvalue weighted by molar-refractivity contribution is 0.111. The normalized spacial score (nSPS) is 11.1. The van der Waals surface area contributed by atoms with Gasteiger partial charge >= 0.3 is 0 Å². The first kappa shape index (κ1) is 9.09. The second kappa shape index (κ2) is 3.17. The van der Waals surface area contributed by atoms with Gasteiger partial charge in [0.1, 0.15) is 11.3 Å². The second-order valence-corrected chi connectivity index (χ2v) is 3.87. The Hall–Kier alpha value is -2.16. The fraction of sp³-hybridized carbons (Fsp3) is 0.0769. The maximum atomic E-state index is 10.7. The standard InChI is InChI=1S/C13H10N2O/c1-9-3-2-4-10-5-6-15-7-11(8-16)14-13(15)12(9)10/h2-8H,1H3. The van der Waals surface area contributed by atoms with Crippen molar-refractivity contribution in [1.82, 2.24) is 9.38 Å². The lowest BCUT2D eigenvalue weighted by Gasteiger charge is -2.03. The van der Waals surface area contributed by atoms with Crippen molar-refractivity contribution in [2.24, 2.45) is 0 Å². The Morgan fingerprint density at radius 3 is 3.00 bits per heavy atom. The first-order valence-corrected chi connectivity index (χ1v) is 5.12. The SMILES string of the molecule is Cc1cccc2ccn3cc(C=O)nc3c12. The van der Waals surface area contributed by atoms with Crippen molar-refractivity contribution < 1.29 is 4.79 Å². The van der Waals surface area contributed by atoms with Crippen molar-refractivity contribution in [3.8, 4) is 0 Å². The Morgan fingerprint density at radius 2 is 2.19 bits per heavy atom. The van der Waals surface area contributed by atoms with Crippen LogP contribution < -0.4 is 0 Å². The summed E-state index contributed by atoms with van der Waals surface area (Å²) in [7, 11) is 0. The molecular formula is C13H10N2O. The summed E-state index contributed by atoms with van der Waals surface area (Å²) in [6.07, 6.45) is 4.45. The fourth-order valence-corrected chi connectivity index (χ4v) is 2.06. The van der Waals surface area contributed by atoms with Gasteiger partial charge in [0.15, 0.2) is 6.29 Å². The number of imidazole rings is 1. The number of fused-ring (bicyclic) bond motifs is 3. The van der Waals surface area contributed by atoms with Crippen LogP contribution in [0.15, 0.2) is 36.7 Å². The van der Waals surface area contributed by atoms with Crippen molar-refractivity contribution in [1.29, 1.82) is 0 Å². The zero-order valence-electron chi connectivity index (χ0n) is 8.84. The molecule has 0 aliphatic carbocycles. The van der Waals surface area contributed by atoms with Crippen LogP contribution in [0.1, 0.15) is 16.1 Å². The van der Waals surface area contributed by atoms with Crippen molar-refractivity contribution >= 4 is 22.7 Å². The smallest absolute Gasteiger partial charge is 0.170 e. The van der Waals surface area contributed by atoms with Crippen LogP contribution >= 0.6 is 0 Å². The highest BCUT2D eigenvalue weighted by molar-refractivity contribution is 5.97. The third kappa shape index (κ3) is 1.15. The zero-order valence-corrected chi connectivity index (χ0v) is 8.84. The summed E-state index contributed by atoms with van der Waals surface area (Å²) in [4.78, 5) is 15.0. The molecule has 78 valence electrons. The second-order valence-electron chi connectivity index (χ2n) is 3.87. The van der Waals surface area contributed by atoms with Gasteiger partial charge in [-0.05, 0) is 23.9 Å². The average Bonchev–Trinajstić information content (AvgIpc) is 2.72. The van der Waals surface area contributed by atoms with Gasteiger partial charge in [0, 0.05) is 17.8 Å². The van der Waals surface area contributed by atoms with Crippen LogP contribution in [0.3, 0.4) is 0 Å². The predicted octanol–water partition coefficient (Wildman–Crippen LogP) is 2.61. The van der Waals surface area contributed by atoms with Gasteiger partial charge in [-0.2, -0.15) is 0 Å². The van der Waals surface area contributed by atoms with Crippen LogP contribution in [0.25, 0.3) is 16.4 Å². The number of carbonyl (C=O) groups is 1. The number of rotatable bonds is 1. The highest BCUT2D eigenvalue weighted by Gasteiger charge is 2.06. The lowest BCUT2D eigenvalue weighted by atomic mass is 10.1. The summed E-state index contributed by atoms with van der Waals surface area (Å²) < 4.78 is 1.89. The number of aromatic nitrogens is 2. The zero-order chi connectivity index (χ0) is 11.1. The summed E-state index contributed by atoms with van der Waals surface area (Å²) in [5.41, 5.74) is 2.49. The maximum Gasteiger partial charge on any atom is 0.170 e. The first-order chi connectivity index (χ1) is 7.79. The van der Waals surface area contributed by atoms with E-state index in [0.29, 0.717) is 5.69 Å². The Bertz CT molecular complexity index is 698. The molecule has 0 aliphatic heterocycles. The van der Waals surface area contributed by atoms with Gasteiger partial charge in [0.25, 0.3) is 0 Å². The summed E-state index contributed by atoms with van der Waals surface area (Å²) in [6, 6.07) is 8.17. The minimum Gasteiger partial charge on any atom is -0.306 e. The maximum absolute atomic E-state index is 10.7. The average molecular weight is 210 g/mol. The first-order valence-electron chi connectivity index (χ1n) is 5.12. The van der Waals surface area contributed by atoms with Gasteiger partial charge < -0.3 is 4.40 Å². The van der Waals surface area contributed by atoms with Crippen molar-refractivity contribution in [2.45, 2.75) is 6.92 Å². The molecule has 2 aromatic heterocycles. The van der Waals surface area contributed by atoms with Crippen molar-refractivity contribution in [3.05, 3.63) is 47.9 Å². The van der Waals surface area contributed by atoms with E-state index >= 15 is 0 Å². The molecule has 0 spiro atoms. The Kier molecular flexibility index (Phi) is 1.80. The molecular weight excluding hydrogens is 200 g/mol. The van der Waals surface area contributed by atoms with Crippen LogP contribution in [0.2, 0.25) is 0 Å². The monoisotopic (exact) mass is 210 g/mol. The van der Waals surface area contributed by atoms with E-state index in [9.17, 15) is 4.79 Å². The van der Waals surface area contributed by atoms with Crippen molar-refractivity contribution in [3.63, 3.8) is 0 Å². The van der Waals surface area contributed by atoms with Gasteiger partial charge in [-0.3, -0.25) is 4.79 Å². The molecule has 0 saturated heterocycles. The van der Waals surface area contributed by atoms with E-state index < -0.39 is 0 Å². The number of nitrogens with zero attached hydrogens (tertiary/aromatic N) is 2. The molecule has 0 bridgehead atoms.